The highest BCUT2D eigenvalue weighted by atomic mass is 16.5. The van der Waals surface area contributed by atoms with Crippen LogP contribution in [0.15, 0.2) is 11.6 Å². The molecular weight excluding hydrogens is 572 g/mol. The molecule has 0 spiro atoms. The SMILES string of the molecule is CCCCCCCCCC[C@H](O)[C@H]1CC[C@H]([C@H](O)CC[C@H](O)[C@H]2CC[C@H](CCCCCCC[C@@H](O)CC3=C[C@H](C)OC3=O)O2)O1. The number of cyclic esters (lactones) is 1. The number of hydrogen-bond acceptors (Lipinski definition) is 8. The van der Waals surface area contributed by atoms with E-state index < -0.39 is 24.4 Å². The lowest BCUT2D eigenvalue weighted by atomic mass is 9.98. The maximum Gasteiger partial charge on any atom is 0.334 e. The first-order valence-corrected chi connectivity index (χ1v) is 18.7. The van der Waals surface area contributed by atoms with E-state index in [4.69, 9.17) is 14.2 Å². The molecular formula is C37H66O8. The quantitative estimate of drug-likeness (QED) is 0.0634. The van der Waals surface area contributed by atoms with E-state index in [1.54, 1.807) is 6.08 Å². The summed E-state index contributed by atoms with van der Waals surface area (Å²) in [6.07, 6.45) is 21.6. The van der Waals surface area contributed by atoms with Crippen molar-refractivity contribution in [3.8, 4) is 0 Å². The molecule has 0 aromatic rings. The van der Waals surface area contributed by atoms with Crippen molar-refractivity contribution in [3.63, 3.8) is 0 Å². The van der Waals surface area contributed by atoms with Crippen LogP contribution in [0, 0.1) is 0 Å². The van der Waals surface area contributed by atoms with Crippen molar-refractivity contribution < 1.29 is 39.4 Å². The number of hydrogen-bond donors (Lipinski definition) is 4. The lowest BCUT2D eigenvalue weighted by molar-refractivity contribution is -0.139. The van der Waals surface area contributed by atoms with Crippen molar-refractivity contribution >= 4 is 5.97 Å². The van der Waals surface area contributed by atoms with Crippen LogP contribution in [0.25, 0.3) is 0 Å². The molecule has 8 heteroatoms. The Balaban J connectivity index is 1.16. The van der Waals surface area contributed by atoms with E-state index in [1.807, 2.05) is 6.92 Å². The van der Waals surface area contributed by atoms with E-state index in [0.29, 0.717) is 31.3 Å². The van der Waals surface area contributed by atoms with Crippen molar-refractivity contribution in [2.75, 3.05) is 0 Å². The Bertz CT molecular complexity index is 833. The van der Waals surface area contributed by atoms with Gasteiger partial charge >= 0.3 is 5.97 Å². The molecule has 2 fully saturated rings. The summed E-state index contributed by atoms with van der Waals surface area (Å²) in [5.74, 6) is -0.295. The van der Waals surface area contributed by atoms with Gasteiger partial charge in [-0.05, 0) is 70.8 Å². The molecule has 0 bridgehead atoms. The van der Waals surface area contributed by atoms with Gasteiger partial charge in [0.05, 0.1) is 48.8 Å². The van der Waals surface area contributed by atoms with E-state index in [9.17, 15) is 25.2 Å². The first kappa shape index (κ1) is 38.4. The second-order valence-corrected chi connectivity index (χ2v) is 14.2. The van der Waals surface area contributed by atoms with Gasteiger partial charge in [0.2, 0.25) is 0 Å². The average molecular weight is 639 g/mol. The molecule has 262 valence electrons. The Kier molecular flexibility index (Phi) is 18.6. The van der Waals surface area contributed by atoms with Crippen LogP contribution in [-0.4, -0.2) is 81.3 Å². The van der Waals surface area contributed by atoms with Crippen LogP contribution in [0.1, 0.15) is 162 Å². The van der Waals surface area contributed by atoms with Gasteiger partial charge in [-0.25, -0.2) is 4.79 Å². The molecule has 0 aromatic heterocycles. The molecule has 0 unspecified atom stereocenters. The van der Waals surface area contributed by atoms with Gasteiger partial charge in [-0.2, -0.15) is 0 Å². The summed E-state index contributed by atoms with van der Waals surface area (Å²) >= 11 is 0. The minimum absolute atomic E-state index is 0.162. The van der Waals surface area contributed by atoms with Gasteiger partial charge in [0, 0.05) is 12.0 Å². The van der Waals surface area contributed by atoms with Crippen molar-refractivity contribution in [2.45, 2.75) is 216 Å². The summed E-state index contributed by atoms with van der Waals surface area (Å²) in [5, 5.41) is 42.4. The minimum atomic E-state index is -0.627. The number of rotatable bonds is 25. The van der Waals surface area contributed by atoms with Crippen LogP contribution in [0.2, 0.25) is 0 Å². The molecule has 4 N–H and O–H groups in total. The van der Waals surface area contributed by atoms with E-state index >= 15 is 0 Å². The molecule has 2 saturated heterocycles. The Morgan fingerprint density at radius 3 is 1.78 bits per heavy atom. The second kappa shape index (κ2) is 21.8. The molecule has 3 aliphatic rings. The summed E-state index contributed by atoms with van der Waals surface area (Å²) in [6, 6.07) is 0. The van der Waals surface area contributed by atoms with Crippen molar-refractivity contribution in [3.05, 3.63) is 11.6 Å². The molecule has 0 saturated carbocycles. The predicted molar refractivity (Wildman–Crippen MR) is 177 cm³/mol. The number of ether oxygens (including phenoxy) is 3. The third-order valence-corrected chi connectivity index (χ3v) is 10.1. The fourth-order valence-electron chi connectivity index (χ4n) is 7.29. The predicted octanol–water partition coefficient (Wildman–Crippen LogP) is 6.83. The number of aliphatic hydroxyl groups is 4. The van der Waals surface area contributed by atoms with Crippen LogP contribution in [-0.2, 0) is 19.0 Å². The standard InChI is InChI=1S/C37H66O8/c1-3-4-5-6-7-8-12-15-18-31(39)35-23-24-36(45-35)33(41)21-20-32(40)34-22-19-30(44-34)17-14-11-9-10-13-16-29(38)26-28-25-27(2)43-37(28)42/h25,27,29-36,38-41H,3-24,26H2,1-2H3/t27-,29+,30-,31-,32-,33+,34+,35+,36+/m0/s1. The van der Waals surface area contributed by atoms with Crippen LogP contribution in [0.5, 0.6) is 0 Å². The molecule has 3 rings (SSSR count). The summed E-state index contributed by atoms with van der Waals surface area (Å²) in [7, 11) is 0. The normalized spacial score (nSPS) is 27.8. The molecule has 8 nitrogen and oxygen atoms in total. The Morgan fingerprint density at radius 1 is 0.667 bits per heavy atom. The van der Waals surface area contributed by atoms with E-state index in [2.05, 4.69) is 6.92 Å². The topological polar surface area (TPSA) is 126 Å². The van der Waals surface area contributed by atoms with Gasteiger partial charge in [0.1, 0.15) is 6.10 Å². The molecule has 0 aliphatic carbocycles. The van der Waals surface area contributed by atoms with Crippen molar-refractivity contribution in [1.29, 1.82) is 0 Å². The van der Waals surface area contributed by atoms with E-state index in [-0.39, 0.29) is 36.5 Å². The smallest absolute Gasteiger partial charge is 0.334 e. The highest BCUT2D eigenvalue weighted by Crippen LogP contribution is 2.31. The first-order valence-electron chi connectivity index (χ1n) is 18.7. The zero-order chi connectivity index (χ0) is 32.4. The molecule has 3 heterocycles. The first-order chi connectivity index (χ1) is 21.8. The van der Waals surface area contributed by atoms with Gasteiger partial charge in [0.15, 0.2) is 0 Å². The highest BCUT2D eigenvalue weighted by Gasteiger charge is 2.36. The maximum absolute atomic E-state index is 11.7. The summed E-state index contributed by atoms with van der Waals surface area (Å²) in [6.45, 7) is 4.07. The molecule has 0 radical (unpaired) electrons. The van der Waals surface area contributed by atoms with Gasteiger partial charge in [-0.3, -0.25) is 0 Å². The molecule has 0 aromatic carbocycles. The van der Waals surface area contributed by atoms with Gasteiger partial charge in [-0.1, -0.05) is 90.4 Å². The number of carbonyl (C=O) groups excluding carboxylic acids is 1. The molecule has 45 heavy (non-hydrogen) atoms. The third-order valence-electron chi connectivity index (χ3n) is 10.1. The lowest BCUT2D eigenvalue weighted by Gasteiger charge is -2.24. The average Bonchev–Trinajstić information content (AvgIpc) is 3.77. The number of aliphatic hydroxyl groups excluding tert-OH is 4. The van der Waals surface area contributed by atoms with Crippen LogP contribution >= 0.6 is 0 Å². The minimum Gasteiger partial charge on any atom is -0.455 e. The molecule has 9 atom stereocenters. The number of esters is 1. The van der Waals surface area contributed by atoms with Crippen LogP contribution in [0.3, 0.4) is 0 Å². The molecule has 3 aliphatic heterocycles. The Morgan fingerprint density at radius 2 is 1.18 bits per heavy atom. The third kappa shape index (κ3) is 14.7. The Labute approximate surface area is 273 Å². The van der Waals surface area contributed by atoms with Gasteiger partial charge in [-0.15, -0.1) is 0 Å². The number of carbonyl (C=O) groups is 1. The lowest BCUT2D eigenvalue weighted by Crippen LogP contribution is -2.33. The van der Waals surface area contributed by atoms with Crippen LogP contribution in [0.4, 0.5) is 0 Å². The molecule has 0 amide bonds. The monoisotopic (exact) mass is 638 g/mol. The summed E-state index contributed by atoms with van der Waals surface area (Å²) < 4.78 is 17.3. The second-order valence-electron chi connectivity index (χ2n) is 14.2. The summed E-state index contributed by atoms with van der Waals surface area (Å²) in [5.41, 5.74) is 0.600. The highest BCUT2D eigenvalue weighted by molar-refractivity contribution is 5.90. The van der Waals surface area contributed by atoms with Crippen LogP contribution < -0.4 is 0 Å². The maximum atomic E-state index is 11.7. The zero-order valence-corrected chi connectivity index (χ0v) is 28.5. The zero-order valence-electron chi connectivity index (χ0n) is 28.5. The Hall–Kier alpha value is -1.03. The van der Waals surface area contributed by atoms with Crippen molar-refractivity contribution in [1.82, 2.24) is 0 Å². The van der Waals surface area contributed by atoms with Gasteiger partial charge in [0.25, 0.3) is 0 Å². The van der Waals surface area contributed by atoms with E-state index in [1.165, 1.54) is 38.5 Å². The fourth-order valence-corrected chi connectivity index (χ4v) is 7.29. The van der Waals surface area contributed by atoms with Crippen molar-refractivity contribution in [2.24, 2.45) is 0 Å². The largest absolute Gasteiger partial charge is 0.455 e. The van der Waals surface area contributed by atoms with E-state index in [0.717, 1.165) is 83.5 Å². The fraction of sp³-hybridized carbons (Fsp3) is 0.919. The van der Waals surface area contributed by atoms with Gasteiger partial charge < -0.3 is 34.6 Å². The summed E-state index contributed by atoms with van der Waals surface area (Å²) in [4.78, 5) is 11.7. The number of unbranched alkanes of at least 4 members (excludes halogenated alkanes) is 11.